The van der Waals surface area contributed by atoms with Crippen molar-refractivity contribution in [2.24, 2.45) is 0 Å². The molecule has 1 saturated heterocycles. The van der Waals surface area contributed by atoms with Gasteiger partial charge in [0.05, 0.1) is 6.54 Å². The standard InChI is InChI=1S/C12H25N3O/c1-4-15(5-2)12(16)10-14(3)9-11-7-6-8-13-11/h11,13H,4-10H2,1-3H3/t11-/m0/s1. The number of rotatable bonds is 6. The summed E-state index contributed by atoms with van der Waals surface area (Å²) in [4.78, 5) is 15.9. The molecule has 1 heterocycles. The molecule has 0 aromatic carbocycles. The largest absolute Gasteiger partial charge is 0.342 e. The summed E-state index contributed by atoms with van der Waals surface area (Å²) in [7, 11) is 2.03. The Morgan fingerprint density at radius 1 is 1.38 bits per heavy atom. The van der Waals surface area contributed by atoms with E-state index in [1.165, 1.54) is 12.8 Å². The summed E-state index contributed by atoms with van der Waals surface area (Å²) < 4.78 is 0. The summed E-state index contributed by atoms with van der Waals surface area (Å²) in [5.41, 5.74) is 0. The highest BCUT2D eigenvalue weighted by Gasteiger charge is 2.18. The van der Waals surface area contributed by atoms with Crippen molar-refractivity contribution in [3.8, 4) is 0 Å². The molecule has 0 aromatic heterocycles. The lowest BCUT2D eigenvalue weighted by atomic mass is 10.2. The van der Waals surface area contributed by atoms with Gasteiger partial charge < -0.3 is 10.2 Å². The van der Waals surface area contributed by atoms with Crippen molar-refractivity contribution in [1.29, 1.82) is 0 Å². The van der Waals surface area contributed by atoms with Gasteiger partial charge in [0.1, 0.15) is 0 Å². The topological polar surface area (TPSA) is 35.6 Å². The van der Waals surface area contributed by atoms with Gasteiger partial charge in [-0.1, -0.05) is 0 Å². The molecule has 0 bridgehead atoms. The zero-order valence-electron chi connectivity index (χ0n) is 10.8. The fraction of sp³-hybridized carbons (Fsp3) is 0.917. The zero-order chi connectivity index (χ0) is 12.0. The van der Waals surface area contributed by atoms with Crippen molar-refractivity contribution in [2.45, 2.75) is 32.7 Å². The summed E-state index contributed by atoms with van der Waals surface area (Å²) in [6.07, 6.45) is 2.51. The third-order valence-electron chi connectivity index (χ3n) is 3.22. The quantitative estimate of drug-likeness (QED) is 0.719. The fourth-order valence-electron chi connectivity index (χ4n) is 2.26. The highest BCUT2D eigenvalue weighted by molar-refractivity contribution is 5.78. The van der Waals surface area contributed by atoms with Crippen LogP contribution in [0.25, 0.3) is 0 Å². The van der Waals surface area contributed by atoms with Crippen LogP contribution in [0.3, 0.4) is 0 Å². The Bertz CT molecular complexity index is 210. The molecule has 1 aliphatic rings. The van der Waals surface area contributed by atoms with Gasteiger partial charge in [-0.2, -0.15) is 0 Å². The molecule has 1 N–H and O–H groups in total. The van der Waals surface area contributed by atoms with Crippen LogP contribution in [0.1, 0.15) is 26.7 Å². The summed E-state index contributed by atoms with van der Waals surface area (Å²) in [5, 5.41) is 3.45. The fourth-order valence-corrected chi connectivity index (χ4v) is 2.26. The molecule has 0 radical (unpaired) electrons. The maximum Gasteiger partial charge on any atom is 0.236 e. The van der Waals surface area contributed by atoms with Crippen molar-refractivity contribution >= 4 is 5.91 Å². The summed E-state index contributed by atoms with van der Waals surface area (Å²) in [5.74, 6) is 0.241. The van der Waals surface area contributed by atoms with E-state index in [4.69, 9.17) is 0 Å². The summed E-state index contributed by atoms with van der Waals surface area (Å²) in [6, 6.07) is 0.578. The molecule has 1 atom stereocenters. The van der Waals surface area contributed by atoms with Crippen LogP contribution >= 0.6 is 0 Å². The van der Waals surface area contributed by atoms with E-state index in [0.717, 1.165) is 26.2 Å². The highest BCUT2D eigenvalue weighted by Crippen LogP contribution is 2.06. The first-order valence-corrected chi connectivity index (χ1v) is 6.37. The minimum absolute atomic E-state index is 0.241. The van der Waals surface area contributed by atoms with Crippen molar-refractivity contribution < 1.29 is 4.79 Å². The molecule has 0 aliphatic carbocycles. The molecular formula is C12H25N3O. The van der Waals surface area contributed by atoms with Crippen LogP contribution in [-0.4, -0.2) is 61.5 Å². The average Bonchev–Trinajstić information content (AvgIpc) is 2.71. The van der Waals surface area contributed by atoms with E-state index in [2.05, 4.69) is 10.2 Å². The van der Waals surface area contributed by atoms with E-state index in [1.54, 1.807) is 0 Å². The van der Waals surface area contributed by atoms with E-state index >= 15 is 0 Å². The minimum atomic E-state index is 0.241. The lowest BCUT2D eigenvalue weighted by molar-refractivity contribution is -0.131. The lowest BCUT2D eigenvalue weighted by Gasteiger charge is -2.24. The van der Waals surface area contributed by atoms with Crippen LogP contribution in [0, 0.1) is 0 Å². The van der Waals surface area contributed by atoms with Gasteiger partial charge in [-0.3, -0.25) is 9.69 Å². The monoisotopic (exact) mass is 227 g/mol. The Hall–Kier alpha value is -0.610. The van der Waals surface area contributed by atoms with Gasteiger partial charge >= 0.3 is 0 Å². The van der Waals surface area contributed by atoms with Crippen LogP contribution < -0.4 is 5.32 Å². The number of carbonyl (C=O) groups excluding carboxylic acids is 1. The molecule has 0 saturated carbocycles. The molecule has 94 valence electrons. The molecule has 0 unspecified atom stereocenters. The second-order valence-corrected chi connectivity index (χ2v) is 4.56. The van der Waals surface area contributed by atoms with E-state index in [9.17, 15) is 4.79 Å². The Labute approximate surface area is 99.0 Å². The number of hydrogen-bond acceptors (Lipinski definition) is 3. The predicted molar refractivity (Wildman–Crippen MR) is 66.4 cm³/mol. The van der Waals surface area contributed by atoms with Crippen molar-refractivity contribution in [1.82, 2.24) is 15.1 Å². The number of amides is 1. The van der Waals surface area contributed by atoms with Crippen LogP contribution in [0.15, 0.2) is 0 Å². The predicted octanol–water partition coefficient (Wildman–Crippen LogP) is 0.539. The first-order chi connectivity index (χ1) is 7.67. The molecule has 1 aliphatic heterocycles. The van der Waals surface area contributed by atoms with Gasteiger partial charge in [0.2, 0.25) is 5.91 Å². The molecule has 4 nitrogen and oxygen atoms in total. The molecule has 1 rings (SSSR count). The third-order valence-corrected chi connectivity index (χ3v) is 3.22. The first-order valence-electron chi connectivity index (χ1n) is 6.37. The van der Waals surface area contributed by atoms with Gasteiger partial charge in [-0.05, 0) is 40.3 Å². The molecule has 0 spiro atoms. The second-order valence-electron chi connectivity index (χ2n) is 4.56. The minimum Gasteiger partial charge on any atom is -0.342 e. The van der Waals surface area contributed by atoms with Crippen molar-refractivity contribution in [2.75, 3.05) is 39.8 Å². The molecule has 1 amide bonds. The van der Waals surface area contributed by atoms with Crippen LogP contribution in [0.5, 0.6) is 0 Å². The van der Waals surface area contributed by atoms with Gasteiger partial charge in [0, 0.05) is 25.7 Å². The maximum absolute atomic E-state index is 11.9. The Kier molecular flexibility index (Phi) is 5.77. The number of hydrogen-bond donors (Lipinski definition) is 1. The van der Waals surface area contributed by atoms with Gasteiger partial charge in [0.25, 0.3) is 0 Å². The Morgan fingerprint density at radius 2 is 2.06 bits per heavy atom. The summed E-state index contributed by atoms with van der Waals surface area (Å²) >= 11 is 0. The SMILES string of the molecule is CCN(CC)C(=O)CN(C)C[C@@H]1CCCN1. The van der Waals surface area contributed by atoms with Crippen molar-refractivity contribution in [3.63, 3.8) is 0 Å². The van der Waals surface area contributed by atoms with Gasteiger partial charge in [0.15, 0.2) is 0 Å². The number of likely N-dealkylation sites (N-methyl/N-ethyl adjacent to an activating group) is 2. The molecule has 0 aromatic rings. The number of carbonyl (C=O) groups is 1. The first kappa shape index (κ1) is 13.5. The smallest absolute Gasteiger partial charge is 0.236 e. The average molecular weight is 227 g/mol. The zero-order valence-corrected chi connectivity index (χ0v) is 10.8. The normalized spacial score (nSPS) is 20.4. The molecule has 16 heavy (non-hydrogen) atoms. The van der Waals surface area contributed by atoms with E-state index in [1.807, 2.05) is 25.8 Å². The number of nitrogens with one attached hydrogen (secondary N) is 1. The third kappa shape index (κ3) is 4.10. The van der Waals surface area contributed by atoms with Crippen molar-refractivity contribution in [3.05, 3.63) is 0 Å². The maximum atomic E-state index is 11.9. The van der Waals surface area contributed by atoms with Crippen LogP contribution in [0.2, 0.25) is 0 Å². The van der Waals surface area contributed by atoms with E-state index in [-0.39, 0.29) is 5.91 Å². The van der Waals surface area contributed by atoms with Gasteiger partial charge in [-0.25, -0.2) is 0 Å². The van der Waals surface area contributed by atoms with E-state index in [0.29, 0.717) is 12.6 Å². The second kappa shape index (κ2) is 6.86. The Morgan fingerprint density at radius 3 is 2.56 bits per heavy atom. The molecule has 4 heteroatoms. The number of nitrogens with zero attached hydrogens (tertiary/aromatic N) is 2. The molecular weight excluding hydrogens is 202 g/mol. The molecule has 1 fully saturated rings. The van der Waals surface area contributed by atoms with Crippen LogP contribution in [-0.2, 0) is 4.79 Å². The lowest BCUT2D eigenvalue weighted by Crippen LogP contribution is -2.42. The summed E-state index contributed by atoms with van der Waals surface area (Å²) in [6.45, 7) is 8.32. The van der Waals surface area contributed by atoms with E-state index < -0.39 is 0 Å². The highest BCUT2D eigenvalue weighted by atomic mass is 16.2. The van der Waals surface area contributed by atoms with Crippen LogP contribution in [0.4, 0.5) is 0 Å². The Balaban J connectivity index is 2.26. The van der Waals surface area contributed by atoms with Gasteiger partial charge in [-0.15, -0.1) is 0 Å².